The van der Waals surface area contributed by atoms with Crippen molar-refractivity contribution in [1.82, 2.24) is 5.32 Å². The molecule has 1 aliphatic rings. The lowest BCUT2D eigenvalue weighted by Gasteiger charge is -2.07. The van der Waals surface area contributed by atoms with Gasteiger partial charge >= 0.3 is 10.1 Å². The first-order valence-corrected chi connectivity index (χ1v) is 12.6. The van der Waals surface area contributed by atoms with Crippen LogP contribution in [0.1, 0.15) is 31.7 Å². The number of nitrogens with one attached hydrogen (secondary N) is 1. The maximum Gasteiger partial charge on any atom is 0.339 e. The molecule has 0 radical (unpaired) electrons. The molecule has 1 saturated heterocycles. The molecule has 1 aliphatic heterocycles. The number of nitrogens with zero attached hydrogens (tertiary/aromatic N) is 2. The van der Waals surface area contributed by atoms with Gasteiger partial charge < -0.3 is 9.50 Å². The van der Waals surface area contributed by atoms with Gasteiger partial charge in [-0.1, -0.05) is 31.5 Å². The van der Waals surface area contributed by atoms with Crippen LogP contribution in [0.4, 0.5) is 0 Å². The third-order valence-corrected chi connectivity index (χ3v) is 7.26. The van der Waals surface area contributed by atoms with Crippen LogP contribution in [-0.4, -0.2) is 31.0 Å². The molecule has 0 bridgehead atoms. The van der Waals surface area contributed by atoms with E-state index in [0.29, 0.717) is 5.17 Å². The van der Waals surface area contributed by atoms with Gasteiger partial charge in [0.25, 0.3) is 0 Å². The van der Waals surface area contributed by atoms with Gasteiger partial charge in [0.1, 0.15) is 10.6 Å². The predicted molar refractivity (Wildman–Crippen MR) is 127 cm³/mol. The second kappa shape index (κ2) is 10.4. The van der Waals surface area contributed by atoms with Gasteiger partial charge in [-0.05, 0) is 83.1 Å². The summed E-state index contributed by atoms with van der Waals surface area (Å²) in [5.41, 5.74) is 0.718. The smallest absolute Gasteiger partial charge is 0.339 e. The summed E-state index contributed by atoms with van der Waals surface area (Å²) in [6.07, 6.45) is 4.38. The molecule has 1 heterocycles. The monoisotopic (exact) mass is 557 g/mol. The average molecular weight is 557 g/mol. The lowest BCUT2D eigenvalue weighted by Crippen LogP contribution is -2.24. The summed E-state index contributed by atoms with van der Waals surface area (Å²) in [7, 11) is -3.89. The molecule has 1 atom stereocenters. The minimum absolute atomic E-state index is 0.0294. The Hall–Kier alpha value is -1.92. The molecule has 2 aromatic carbocycles. The molecule has 7 nitrogen and oxygen atoms in total. The standard InChI is InChI=1S/C20H20IN3O4S2/c1-2-3-4-18-19(25)23-20(29-18)24-22-13-14-5-9-16(10-6-14)28-30(26,27)17-11-7-15(21)8-12-17/h5-13,18H,2-4H2,1H3,(H,23,24,25). The maximum atomic E-state index is 12.3. The number of amidine groups is 1. The van der Waals surface area contributed by atoms with E-state index in [1.54, 1.807) is 36.4 Å². The first kappa shape index (κ1) is 22.8. The summed E-state index contributed by atoms with van der Waals surface area (Å²) in [6.45, 7) is 2.09. The highest BCUT2D eigenvalue weighted by molar-refractivity contribution is 14.1. The second-order valence-corrected chi connectivity index (χ2v) is 10.4. The summed E-state index contributed by atoms with van der Waals surface area (Å²) in [5, 5.41) is 11.2. The largest absolute Gasteiger partial charge is 0.379 e. The van der Waals surface area contributed by atoms with Crippen molar-refractivity contribution >= 4 is 61.8 Å². The van der Waals surface area contributed by atoms with Crippen LogP contribution in [0.2, 0.25) is 0 Å². The zero-order valence-corrected chi connectivity index (χ0v) is 19.9. The van der Waals surface area contributed by atoms with Gasteiger partial charge in [0.05, 0.1) is 11.5 Å². The molecular formula is C20H20IN3O4S2. The topological polar surface area (TPSA) is 97.2 Å². The predicted octanol–water partition coefficient (Wildman–Crippen LogP) is 4.17. The molecule has 3 rings (SSSR count). The van der Waals surface area contributed by atoms with Gasteiger partial charge in [0.2, 0.25) is 5.91 Å². The highest BCUT2D eigenvalue weighted by atomic mass is 127. The fourth-order valence-electron chi connectivity index (χ4n) is 2.57. The van der Waals surface area contributed by atoms with Crippen molar-refractivity contribution in [2.75, 3.05) is 0 Å². The van der Waals surface area contributed by atoms with Crippen LogP contribution in [0, 0.1) is 3.57 Å². The Kier molecular flexibility index (Phi) is 7.89. The third kappa shape index (κ3) is 6.29. The Morgan fingerprint density at radius 1 is 1.17 bits per heavy atom. The first-order chi connectivity index (χ1) is 14.4. The number of thioether (sulfide) groups is 1. The SMILES string of the molecule is CCCCC1SC(=NN=Cc2ccc(OS(=O)(=O)c3ccc(I)cc3)cc2)NC1=O. The maximum absolute atomic E-state index is 12.3. The molecule has 0 aliphatic carbocycles. The van der Waals surface area contributed by atoms with Crippen molar-refractivity contribution < 1.29 is 17.4 Å². The molecule has 1 unspecified atom stereocenters. The third-order valence-electron chi connectivity index (χ3n) is 4.14. The number of amides is 1. The number of hydrogen-bond acceptors (Lipinski definition) is 7. The Labute approximate surface area is 193 Å². The molecule has 10 heteroatoms. The van der Waals surface area contributed by atoms with E-state index in [1.165, 1.54) is 30.1 Å². The molecule has 0 spiro atoms. The number of halogens is 1. The van der Waals surface area contributed by atoms with E-state index in [-0.39, 0.29) is 21.8 Å². The number of rotatable bonds is 8. The van der Waals surface area contributed by atoms with Gasteiger partial charge in [-0.2, -0.15) is 13.5 Å². The van der Waals surface area contributed by atoms with Crippen molar-refractivity contribution in [1.29, 1.82) is 0 Å². The van der Waals surface area contributed by atoms with Crippen molar-refractivity contribution in [2.45, 2.75) is 36.3 Å². The molecule has 1 N–H and O–H groups in total. The molecule has 158 valence electrons. The molecule has 1 fully saturated rings. The van der Waals surface area contributed by atoms with Crippen LogP contribution in [0.5, 0.6) is 5.75 Å². The summed E-state index contributed by atoms with van der Waals surface area (Å²) >= 11 is 3.49. The van der Waals surface area contributed by atoms with Crippen molar-refractivity contribution in [2.24, 2.45) is 10.2 Å². The normalized spacial score (nSPS) is 18.1. The Morgan fingerprint density at radius 3 is 2.53 bits per heavy atom. The number of carbonyl (C=O) groups is 1. The van der Waals surface area contributed by atoms with Crippen LogP contribution in [0.3, 0.4) is 0 Å². The lowest BCUT2D eigenvalue weighted by atomic mass is 10.2. The van der Waals surface area contributed by atoms with Crippen LogP contribution in [-0.2, 0) is 14.9 Å². The van der Waals surface area contributed by atoms with Crippen LogP contribution >= 0.6 is 34.4 Å². The molecule has 2 aromatic rings. The zero-order valence-electron chi connectivity index (χ0n) is 16.1. The average Bonchev–Trinajstić information content (AvgIpc) is 3.07. The summed E-state index contributed by atoms with van der Waals surface area (Å²) in [4.78, 5) is 12.0. The van der Waals surface area contributed by atoms with E-state index in [9.17, 15) is 13.2 Å². The van der Waals surface area contributed by atoms with Gasteiger partial charge in [-0.3, -0.25) is 4.79 Å². The first-order valence-electron chi connectivity index (χ1n) is 9.26. The lowest BCUT2D eigenvalue weighted by molar-refractivity contribution is -0.118. The molecule has 0 saturated carbocycles. The van der Waals surface area contributed by atoms with Crippen molar-refractivity contribution in [3.05, 3.63) is 57.7 Å². The summed E-state index contributed by atoms with van der Waals surface area (Å²) in [6, 6.07) is 12.9. The minimum atomic E-state index is -3.89. The summed E-state index contributed by atoms with van der Waals surface area (Å²) < 4.78 is 30.8. The van der Waals surface area contributed by atoms with E-state index in [1.807, 2.05) is 0 Å². The van der Waals surface area contributed by atoms with E-state index < -0.39 is 10.1 Å². The van der Waals surface area contributed by atoms with Crippen molar-refractivity contribution in [3.8, 4) is 5.75 Å². The quantitative estimate of drug-likeness (QED) is 0.228. The molecule has 0 aromatic heterocycles. The number of benzene rings is 2. The molecule has 1 amide bonds. The molecule has 30 heavy (non-hydrogen) atoms. The second-order valence-electron chi connectivity index (χ2n) is 6.45. The van der Waals surface area contributed by atoms with E-state index in [2.05, 4.69) is 45.0 Å². The van der Waals surface area contributed by atoms with Crippen LogP contribution < -0.4 is 9.50 Å². The Bertz CT molecular complexity index is 1050. The fourth-order valence-corrected chi connectivity index (χ4v) is 4.83. The minimum Gasteiger partial charge on any atom is -0.379 e. The van der Waals surface area contributed by atoms with E-state index >= 15 is 0 Å². The van der Waals surface area contributed by atoms with Gasteiger partial charge in [-0.25, -0.2) is 0 Å². The van der Waals surface area contributed by atoms with E-state index in [0.717, 1.165) is 28.4 Å². The summed E-state index contributed by atoms with van der Waals surface area (Å²) in [5.74, 6) is 0.174. The highest BCUT2D eigenvalue weighted by Crippen LogP contribution is 2.24. The highest BCUT2D eigenvalue weighted by Gasteiger charge is 2.29. The van der Waals surface area contributed by atoms with Crippen LogP contribution in [0.15, 0.2) is 63.6 Å². The van der Waals surface area contributed by atoms with Gasteiger partial charge in [0, 0.05) is 3.57 Å². The molecular weight excluding hydrogens is 537 g/mol. The number of unbranched alkanes of at least 4 members (excludes halogenated alkanes) is 1. The Morgan fingerprint density at radius 2 is 1.87 bits per heavy atom. The van der Waals surface area contributed by atoms with E-state index in [4.69, 9.17) is 4.18 Å². The number of carbonyl (C=O) groups excluding carboxylic acids is 1. The fraction of sp³-hybridized carbons (Fsp3) is 0.250. The zero-order chi connectivity index (χ0) is 21.6. The Balaban J connectivity index is 1.59. The van der Waals surface area contributed by atoms with Gasteiger partial charge in [0.15, 0.2) is 5.17 Å². The van der Waals surface area contributed by atoms with Crippen molar-refractivity contribution in [3.63, 3.8) is 0 Å². The number of hydrogen-bond donors (Lipinski definition) is 1. The van der Waals surface area contributed by atoms with Gasteiger partial charge in [-0.15, -0.1) is 5.10 Å². The van der Waals surface area contributed by atoms with Crippen LogP contribution in [0.25, 0.3) is 0 Å².